The summed E-state index contributed by atoms with van der Waals surface area (Å²) < 4.78 is 0. The van der Waals surface area contributed by atoms with Gasteiger partial charge >= 0.3 is 0 Å². The molecule has 1 aromatic carbocycles. The van der Waals surface area contributed by atoms with E-state index in [-0.39, 0.29) is 11.1 Å². The van der Waals surface area contributed by atoms with Crippen LogP contribution in [0.4, 0.5) is 0 Å². The van der Waals surface area contributed by atoms with E-state index in [0.29, 0.717) is 0 Å². The molecule has 0 fully saturated rings. The molecule has 5 nitrogen and oxygen atoms in total. The Labute approximate surface area is 74.1 Å². The molecular weight excluding hydrogens is 176 g/mol. The average Bonchev–Trinajstić information content (AvgIpc) is 2.13. The van der Waals surface area contributed by atoms with Crippen LogP contribution >= 0.6 is 0 Å². The van der Waals surface area contributed by atoms with Gasteiger partial charge in [0.25, 0.3) is 0 Å². The van der Waals surface area contributed by atoms with Gasteiger partial charge in [0.1, 0.15) is 0 Å². The molecule has 0 aliphatic heterocycles. The Morgan fingerprint density at radius 1 is 0.846 bits per heavy atom. The standard InChI is InChI=1S/C8H10O5/c1-3-4(2-9)6(11)8(13)7(12)5(3)10/h9-13H,2H2,1H3. The van der Waals surface area contributed by atoms with Crippen molar-refractivity contribution in [2.24, 2.45) is 0 Å². The lowest BCUT2D eigenvalue weighted by atomic mass is 10.1. The van der Waals surface area contributed by atoms with Crippen molar-refractivity contribution >= 4 is 0 Å². The molecule has 72 valence electrons. The Kier molecular flexibility index (Phi) is 2.20. The third-order valence-electron chi connectivity index (χ3n) is 1.92. The van der Waals surface area contributed by atoms with Crippen molar-refractivity contribution in [2.75, 3.05) is 0 Å². The van der Waals surface area contributed by atoms with Crippen molar-refractivity contribution in [3.8, 4) is 23.0 Å². The number of phenolic OH excluding ortho intramolecular Hbond substituents is 3. The second-order valence-corrected chi connectivity index (χ2v) is 2.66. The third kappa shape index (κ3) is 1.23. The highest BCUT2D eigenvalue weighted by atomic mass is 16.3. The number of benzene rings is 1. The molecule has 0 heterocycles. The summed E-state index contributed by atoms with van der Waals surface area (Å²) in [5.74, 6) is -2.77. The maximum absolute atomic E-state index is 9.20. The van der Waals surface area contributed by atoms with E-state index >= 15 is 0 Å². The van der Waals surface area contributed by atoms with Crippen molar-refractivity contribution in [1.82, 2.24) is 0 Å². The van der Waals surface area contributed by atoms with Gasteiger partial charge in [0.15, 0.2) is 11.5 Å². The first-order valence-corrected chi connectivity index (χ1v) is 3.56. The minimum Gasteiger partial charge on any atom is -0.504 e. The van der Waals surface area contributed by atoms with Gasteiger partial charge in [0.05, 0.1) is 6.61 Å². The number of rotatable bonds is 1. The predicted molar refractivity (Wildman–Crippen MR) is 43.8 cm³/mol. The number of hydrogen-bond acceptors (Lipinski definition) is 5. The van der Waals surface area contributed by atoms with Crippen molar-refractivity contribution in [3.05, 3.63) is 11.1 Å². The van der Waals surface area contributed by atoms with Gasteiger partial charge in [-0.15, -0.1) is 0 Å². The van der Waals surface area contributed by atoms with Crippen LogP contribution in [0.2, 0.25) is 0 Å². The minimum atomic E-state index is -0.827. The van der Waals surface area contributed by atoms with Gasteiger partial charge in [0.2, 0.25) is 11.5 Å². The number of aliphatic hydroxyl groups excluding tert-OH is 1. The first-order chi connectivity index (χ1) is 6.00. The lowest BCUT2D eigenvalue weighted by molar-refractivity contribution is 0.268. The van der Waals surface area contributed by atoms with Gasteiger partial charge in [-0.05, 0) is 6.92 Å². The molecule has 0 bridgehead atoms. The Hall–Kier alpha value is -1.62. The highest BCUT2D eigenvalue weighted by Gasteiger charge is 2.19. The van der Waals surface area contributed by atoms with E-state index in [9.17, 15) is 10.2 Å². The van der Waals surface area contributed by atoms with E-state index in [0.717, 1.165) is 0 Å². The van der Waals surface area contributed by atoms with Crippen molar-refractivity contribution < 1.29 is 25.5 Å². The lowest BCUT2D eigenvalue weighted by Crippen LogP contribution is -1.91. The summed E-state index contributed by atoms with van der Waals surface area (Å²) in [5, 5.41) is 45.3. The Morgan fingerprint density at radius 2 is 1.31 bits per heavy atom. The van der Waals surface area contributed by atoms with Crippen molar-refractivity contribution in [3.63, 3.8) is 0 Å². The second kappa shape index (κ2) is 3.02. The van der Waals surface area contributed by atoms with Gasteiger partial charge < -0.3 is 25.5 Å². The highest BCUT2D eigenvalue weighted by Crippen LogP contribution is 2.46. The van der Waals surface area contributed by atoms with E-state index in [2.05, 4.69) is 0 Å². The zero-order valence-electron chi connectivity index (χ0n) is 6.94. The van der Waals surface area contributed by atoms with Crippen molar-refractivity contribution in [1.29, 1.82) is 0 Å². The van der Waals surface area contributed by atoms with E-state index in [1.807, 2.05) is 0 Å². The van der Waals surface area contributed by atoms with Gasteiger partial charge in [-0.3, -0.25) is 0 Å². The summed E-state index contributed by atoms with van der Waals surface area (Å²) in [7, 11) is 0. The molecule has 5 N–H and O–H groups in total. The van der Waals surface area contributed by atoms with Crippen LogP contribution < -0.4 is 0 Å². The highest BCUT2D eigenvalue weighted by molar-refractivity contribution is 5.64. The molecule has 1 rings (SSSR count). The van der Waals surface area contributed by atoms with E-state index in [1.165, 1.54) is 6.92 Å². The smallest absolute Gasteiger partial charge is 0.204 e. The Morgan fingerprint density at radius 3 is 1.77 bits per heavy atom. The molecule has 0 saturated carbocycles. The van der Waals surface area contributed by atoms with Gasteiger partial charge in [0, 0.05) is 11.1 Å². The molecule has 0 aromatic heterocycles. The largest absolute Gasteiger partial charge is 0.504 e. The Bertz CT molecular complexity index is 316. The van der Waals surface area contributed by atoms with E-state index < -0.39 is 29.6 Å². The fraction of sp³-hybridized carbons (Fsp3) is 0.250. The fourth-order valence-electron chi connectivity index (χ4n) is 1.06. The molecule has 0 atom stereocenters. The van der Waals surface area contributed by atoms with Crippen LogP contribution in [0.25, 0.3) is 0 Å². The summed E-state index contributed by atoms with van der Waals surface area (Å²) >= 11 is 0. The number of hydrogen-bond donors (Lipinski definition) is 5. The number of phenols is 4. The second-order valence-electron chi connectivity index (χ2n) is 2.66. The quantitative estimate of drug-likeness (QED) is 0.321. The molecule has 5 heteroatoms. The van der Waals surface area contributed by atoms with E-state index in [4.69, 9.17) is 15.3 Å². The third-order valence-corrected chi connectivity index (χ3v) is 1.92. The van der Waals surface area contributed by atoms with Crippen LogP contribution in [0.15, 0.2) is 0 Å². The van der Waals surface area contributed by atoms with Crippen LogP contribution in [0, 0.1) is 6.92 Å². The topological polar surface area (TPSA) is 101 Å². The summed E-state index contributed by atoms with van der Waals surface area (Å²) in [5.41, 5.74) is 0.128. The first kappa shape index (κ1) is 9.47. The van der Waals surface area contributed by atoms with Gasteiger partial charge in [-0.25, -0.2) is 0 Å². The molecule has 13 heavy (non-hydrogen) atoms. The normalized spacial score (nSPS) is 10.3. The van der Waals surface area contributed by atoms with Crippen molar-refractivity contribution in [2.45, 2.75) is 13.5 Å². The summed E-state index contributed by atoms with van der Waals surface area (Å²) in [6.07, 6.45) is 0. The number of aromatic hydroxyl groups is 4. The SMILES string of the molecule is Cc1c(O)c(O)c(O)c(O)c1CO. The molecule has 0 spiro atoms. The van der Waals surface area contributed by atoms with E-state index in [1.54, 1.807) is 0 Å². The molecule has 0 saturated heterocycles. The van der Waals surface area contributed by atoms with Crippen LogP contribution in [-0.2, 0) is 6.61 Å². The summed E-state index contributed by atoms with van der Waals surface area (Å²) in [6.45, 7) is 0.874. The zero-order chi connectivity index (χ0) is 10.2. The zero-order valence-corrected chi connectivity index (χ0v) is 6.94. The van der Waals surface area contributed by atoms with Crippen LogP contribution in [0.3, 0.4) is 0 Å². The first-order valence-electron chi connectivity index (χ1n) is 3.56. The van der Waals surface area contributed by atoms with Gasteiger partial charge in [-0.2, -0.15) is 0 Å². The van der Waals surface area contributed by atoms with Crippen LogP contribution in [-0.4, -0.2) is 25.5 Å². The molecule has 0 amide bonds. The summed E-state index contributed by atoms with van der Waals surface area (Å²) in [6, 6.07) is 0. The molecule has 0 radical (unpaired) electrons. The summed E-state index contributed by atoms with van der Waals surface area (Å²) in [4.78, 5) is 0. The minimum absolute atomic E-state index is 0.00667. The molecule has 1 aromatic rings. The maximum Gasteiger partial charge on any atom is 0.204 e. The van der Waals surface area contributed by atoms with Gasteiger partial charge in [-0.1, -0.05) is 0 Å². The molecular formula is C8H10O5. The predicted octanol–water partition coefficient (Wildman–Crippen LogP) is 0.310. The average molecular weight is 186 g/mol. The monoisotopic (exact) mass is 186 g/mol. The van der Waals surface area contributed by atoms with Crippen LogP contribution in [0.1, 0.15) is 11.1 Å². The number of aliphatic hydroxyl groups is 1. The maximum atomic E-state index is 9.20. The molecule has 0 aliphatic carbocycles. The Balaban J connectivity index is 3.56. The molecule has 0 aliphatic rings. The van der Waals surface area contributed by atoms with Crippen LogP contribution in [0.5, 0.6) is 23.0 Å². The lowest BCUT2D eigenvalue weighted by Gasteiger charge is -2.11. The fourth-order valence-corrected chi connectivity index (χ4v) is 1.06. The molecule has 0 unspecified atom stereocenters.